The van der Waals surface area contributed by atoms with Crippen molar-refractivity contribution in [3.8, 4) is 0 Å². The summed E-state index contributed by atoms with van der Waals surface area (Å²) in [6.45, 7) is 1.79. The average Bonchev–Trinajstić information content (AvgIpc) is 2.48. The molecule has 0 aromatic heterocycles. The standard InChI is InChI=1S/C15H11Cl3N2O/c1-9(10-2-5-12(16)6-3-10)19-20-15(21)11-4-7-13(17)14(18)8-11/h2-8H,1H3,(H,20,21)/b19-9-. The van der Waals surface area contributed by atoms with Crippen LogP contribution in [0.1, 0.15) is 22.8 Å². The third kappa shape index (κ3) is 4.21. The number of rotatable bonds is 3. The van der Waals surface area contributed by atoms with Crippen molar-refractivity contribution in [2.45, 2.75) is 6.92 Å². The molecule has 0 fully saturated rings. The van der Waals surface area contributed by atoms with Gasteiger partial charge in [-0.2, -0.15) is 5.10 Å². The first-order chi connectivity index (χ1) is 9.97. The molecule has 0 spiro atoms. The predicted molar refractivity (Wildman–Crippen MR) is 87.6 cm³/mol. The van der Waals surface area contributed by atoms with Crippen molar-refractivity contribution in [1.29, 1.82) is 0 Å². The molecule has 3 nitrogen and oxygen atoms in total. The van der Waals surface area contributed by atoms with Crippen LogP contribution in [0.5, 0.6) is 0 Å². The maximum atomic E-state index is 12.0. The van der Waals surface area contributed by atoms with E-state index in [1.807, 2.05) is 12.1 Å². The van der Waals surface area contributed by atoms with Gasteiger partial charge in [0.2, 0.25) is 0 Å². The number of carbonyl (C=O) groups is 1. The molecule has 1 N–H and O–H groups in total. The zero-order valence-electron chi connectivity index (χ0n) is 11.0. The minimum absolute atomic E-state index is 0.322. The molecule has 1 amide bonds. The molecule has 0 atom stereocenters. The van der Waals surface area contributed by atoms with Crippen LogP contribution in [0.25, 0.3) is 0 Å². The molecule has 21 heavy (non-hydrogen) atoms. The third-order valence-electron chi connectivity index (χ3n) is 2.77. The van der Waals surface area contributed by atoms with Crippen LogP contribution < -0.4 is 5.43 Å². The van der Waals surface area contributed by atoms with E-state index in [-0.39, 0.29) is 5.91 Å². The number of amides is 1. The van der Waals surface area contributed by atoms with Crippen molar-refractivity contribution in [2.75, 3.05) is 0 Å². The summed E-state index contributed by atoms with van der Waals surface area (Å²) in [5.74, 6) is -0.359. The van der Waals surface area contributed by atoms with E-state index in [1.54, 1.807) is 31.2 Å². The fraction of sp³-hybridized carbons (Fsp3) is 0.0667. The summed E-state index contributed by atoms with van der Waals surface area (Å²) in [6, 6.07) is 11.8. The molecule has 0 saturated heterocycles. The first kappa shape index (κ1) is 15.8. The van der Waals surface area contributed by atoms with Crippen LogP contribution in [0.2, 0.25) is 15.1 Å². The van der Waals surface area contributed by atoms with Gasteiger partial charge in [0.15, 0.2) is 0 Å². The van der Waals surface area contributed by atoms with Crippen LogP contribution in [-0.2, 0) is 0 Å². The second-order valence-corrected chi connectivity index (χ2v) is 5.52. The first-order valence-electron chi connectivity index (χ1n) is 6.03. The molecule has 0 aliphatic rings. The largest absolute Gasteiger partial charge is 0.271 e. The van der Waals surface area contributed by atoms with Gasteiger partial charge in [0.05, 0.1) is 15.8 Å². The second kappa shape index (κ2) is 6.94. The van der Waals surface area contributed by atoms with E-state index in [4.69, 9.17) is 34.8 Å². The van der Waals surface area contributed by atoms with Gasteiger partial charge >= 0.3 is 0 Å². The van der Waals surface area contributed by atoms with E-state index < -0.39 is 0 Å². The number of carbonyl (C=O) groups excluding carboxylic acids is 1. The molecule has 6 heteroatoms. The number of hydrogen-bond acceptors (Lipinski definition) is 2. The van der Waals surface area contributed by atoms with Crippen molar-refractivity contribution in [3.05, 3.63) is 68.7 Å². The molecule has 0 saturated carbocycles. The summed E-state index contributed by atoms with van der Waals surface area (Å²) in [7, 11) is 0. The number of halogens is 3. The minimum Gasteiger partial charge on any atom is -0.267 e. The number of hydrogen-bond donors (Lipinski definition) is 1. The average molecular weight is 342 g/mol. The first-order valence-corrected chi connectivity index (χ1v) is 7.16. The number of hydrazone groups is 1. The van der Waals surface area contributed by atoms with E-state index in [0.29, 0.717) is 26.3 Å². The molecule has 0 bridgehead atoms. The summed E-state index contributed by atoms with van der Waals surface area (Å²) < 4.78 is 0. The minimum atomic E-state index is -0.359. The topological polar surface area (TPSA) is 41.5 Å². The van der Waals surface area contributed by atoms with Crippen LogP contribution in [0.3, 0.4) is 0 Å². The van der Waals surface area contributed by atoms with Crippen molar-refractivity contribution < 1.29 is 4.79 Å². The van der Waals surface area contributed by atoms with Crippen LogP contribution in [-0.4, -0.2) is 11.6 Å². The molecule has 0 radical (unpaired) electrons. The Morgan fingerprint density at radius 2 is 1.57 bits per heavy atom. The van der Waals surface area contributed by atoms with Gasteiger partial charge in [-0.15, -0.1) is 0 Å². The van der Waals surface area contributed by atoms with Gasteiger partial charge < -0.3 is 0 Å². The highest BCUT2D eigenvalue weighted by Crippen LogP contribution is 2.22. The normalized spacial score (nSPS) is 11.3. The quantitative estimate of drug-likeness (QED) is 0.632. The van der Waals surface area contributed by atoms with E-state index >= 15 is 0 Å². The Kier molecular flexibility index (Phi) is 5.23. The molecule has 0 unspecified atom stereocenters. The highest BCUT2D eigenvalue weighted by molar-refractivity contribution is 6.42. The van der Waals surface area contributed by atoms with Crippen LogP contribution in [0.4, 0.5) is 0 Å². The lowest BCUT2D eigenvalue weighted by atomic mass is 10.1. The second-order valence-electron chi connectivity index (χ2n) is 4.27. The van der Waals surface area contributed by atoms with Crippen molar-refractivity contribution in [2.24, 2.45) is 5.10 Å². The monoisotopic (exact) mass is 340 g/mol. The van der Waals surface area contributed by atoms with Gasteiger partial charge in [0, 0.05) is 10.6 Å². The Balaban J connectivity index is 2.10. The van der Waals surface area contributed by atoms with Crippen LogP contribution in [0, 0.1) is 0 Å². The van der Waals surface area contributed by atoms with Gasteiger partial charge in [-0.05, 0) is 42.8 Å². The molecule has 0 heterocycles. The molecular weight excluding hydrogens is 331 g/mol. The fourth-order valence-electron chi connectivity index (χ4n) is 1.59. The van der Waals surface area contributed by atoms with Crippen LogP contribution in [0.15, 0.2) is 47.6 Å². The van der Waals surface area contributed by atoms with Gasteiger partial charge in [0.25, 0.3) is 5.91 Å². The van der Waals surface area contributed by atoms with E-state index in [2.05, 4.69) is 10.5 Å². The highest BCUT2D eigenvalue weighted by Gasteiger charge is 2.07. The van der Waals surface area contributed by atoms with E-state index in [9.17, 15) is 4.79 Å². The lowest BCUT2D eigenvalue weighted by Crippen LogP contribution is -2.19. The summed E-state index contributed by atoms with van der Waals surface area (Å²) in [6.07, 6.45) is 0. The van der Waals surface area contributed by atoms with Gasteiger partial charge in [0.1, 0.15) is 0 Å². The van der Waals surface area contributed by atoms with Crippen molar-refractivity contribution in [3.63, 3.8) is 0 Å². The predicted octanol–water partition coefficient (Wildman–Crippen LogP) is 4.80. The number of benzene rings is 2. The Hall–Kier alpha value is -1.55. The molecule has 2 rings (SSSR count). The zero-order chi connectivity index (χ0) is 15.4. The summed E-state index contributed by atoms with van der Waals surface area (Å²) in [5, 5.41) is 5.41. The maximum absolute atomic E-state index is 12.0. The van der Waals surface area contributed by atoms with Gasteiger partial charge in [-0.3, -0.25) is 4.79 Å². The molecule has 108 valence electrons. The number of nitrogens with one attached hydrogen (secondary N) is 1. The SMILES string of the molecule is C/C(=N/NC(=O)c1ccc(Cl)c(Cl)c1)c1ccc(Cl)cc1. The fourth-order valence-corrected chi connectivity index (χ4v) is 2.02. The summed E-state index contributed by atoms with van der Waals surface area (Å²) in [5.41, 5.74) is 4.40. The Labute approximate surface area is 137 Å². The maximum Gasteiger partial charge on any atom is 0.271 e. The summed E-state index contributed by atoms with van der Waals surface area (Å²) in [4.78, 5) is 12.0. The smallest absolute Gasteiger partial charge is 0.267 e. The molecular formula is C15H11Cl3N2O. The molecule has 0 aliphatic heterocycles. The molecule has 2 aromatic rings. The van der Waals surface area contributed by atoms with Crippen molar-refractivity contribution >= 4 is 46.4 Å². The van der Waals surface area contributed by atoms with Crippen molar-refractivity contribution in [1.82, 2.24) is 5.43 Å². The molecule has 2 aromatic carbocycles. The summed E-state index contributed by atoms with van der Waals surface area (Å²) >= 11 is 17.5. The lowest BCUT2D eigenvalue weighted by molar-refractivity contribution is 0.0955. The van der Waals surface area contributed by atoms with Crippen LogP contribution >= 0.6 is 34.8 Å². The Morgan fingerprint density at radius 1 is 0.952 bits per heavy atom. The Morgan fingerprint density at radius 3 is 2.19 bits per heavy atom. The van der Waals surface area contributed by atoms with E-state index in [1.165, 1.54) is 6.07 Å². The highest BCUT2D eigenvalue weighted by atomic mass is 35.5. The molecule has 0 aliphatic carbocycles. The Bertz CT molecular complexity index is 697. The number of nitrogens with zero attached hydrogens (tertiary/aromatic N) is 1. The van der Waals surface area contributed by atoms with E-state index in [0.717, 1.165) is 5.56 Å². The van der Waals surface area contributed by atoms with Gasteiger partial charge in [-0.25, -0.2) is 5.43 Å². The zero-order valence-corrected chi connectivity index (χ0v) is 13.3. The lowest BCUT2D eigenvalue weighted by Gasteiger charge is -2.04. The third-order valence-corrected chi connectivity index (χ3v) is 3.76. The van der Waals surface area contributed by atoms with Gasteiger partial charge in [-0.1, -0.05) is 46.9 Å².